The molecule has 0 atom stereocenters. The Hall–Kier alpha value is -1.50. The standard InChI is InChI=1S/C7H11N3O/c1-3-9-7(11)10-5-6(2)4-8/h2-3,5H2,1H3,(H2,9,10,11). The van der Waals surface area contributed by atoms with E-state index in [1.165, 1.54) is 0 Å². The molecule has 0 unspecified atom stereocenters. The predicted molar refractivity (Wildman–Crippen MR) is 41.8 cm³/mol. The first-order valence-electron chi connectivity index (χ1n) is 3.30. The third-order valence-corrected chi connectivity index (χ3v) is 0.958. The molecule has 0 aromatic heterocycles. The fraction of sp³-hybridized carbons (Fsp3) is 0.429. The number of nitrogens with zero attached hydrogens (tertiary/aromatic N) is 1. The van der Waals surface area contributed by atoms with Crippen LogP contribution in [-0.4, -0.2) is 19.1 Å². The van der Waals surface area contributed by atoms with E-state index < -0.39 is 0 Å². The van der Waals surface area contributed by atoms with E-state index >= 15 is 0 Å². The third kappa shape index (κ3) is 4.97. The van der Waals surface area contributed by atoms with Crippen LogP contribution in [0.2, 0.25) is 0 Å². The fourth-order valence-corrected chi connectivity index (χ4v) is 0.450. The molecule has 2 N–H and O–H groups in total. The molecule has 0 aliphatic carbocycles. The Morgan fingerprint density at radius 1 is 1.64 bits per heavy atom. The van der Waals surface area contributed by atoms with Crippen molar-refractivity contribution in [3.8, 4) is 6.07 Å². The van der Waals surface area contributed by atoms with Crippen LogP contribution in [0, 0.1) is 11.3 Å². The lowest BCUT2D eigenvalue weighted by molar-refractivity contribution is 0.242. The Bertz CT molecular complexity index is 192. The van der Waals surface area contributed by atoms with Crippen molar-refractivity contribution in [2.75, 3.05) is 13.1 Å². The van der Waals surface area contributed by atoms with E-state index in [9.17, 15) is 4.79 Å². The monoisotopic (exact) mass is 153 g/mol. The van der Waals surface area contributed by atoms with Gasteiger partial charge in [-0.05, 0) is 6.92 Å². The quantitative estimate of drug-likeness (QED) is 0.576. The van der Waals surface area contributed by atoms with Gasteiger partial charge in [-0.1, -0.05) is 6.58 Å². The van der Waals surface area contributed by atoms with Gasteiger partial charge >= 0.3 is 6.03 Å². The van der Waals surface area contributed by atoms with Crippen LogP contribution in [0.4, 0.5) is 4.79 Å². The first kappa shape index (κ1) is 9.50. The number of hydrogen-bond donors (Lipinski definition) is 2. The van der Waals surface area contributed by atoms with Crippen molar-refractivity contribution in [3.05, 3.63) is 12.2 Å². The molecule has 0 rings (SSSR count). The van der Waals surface area contributed by atoms with E-state index in [2.05, 4.69) is 17.2 Å². The molecule has 0 radical (unpaired) electrons. The Kier molecular flexibility index (Phi) is 4.58. The first-order valence-corrected chi connectivity index (χ1v) is 3.30. The minimum Gasteiger partial charge on any atom is -0.338 e. The maximum Gasteiger partial charge on any atom is 0.315 e. The fourth-order valence-electron chi connectivity index (χ4n) is 0.450. The smallest absolute Gasteiger partial charge is 0.315 e. The number of urea groups is 1. The largest absolute Gasteiger partial charge is 0.338 e. The highest BCUT2D eigenvalue weighted by atomic mass is 16.2. The maximum atomic E-state index is 10.7. The highest BCUT2D eigenvalue weighted by Crippen LogP contribution is 1.80. The predicted octanol–water partition coefficient (Wildman–Crippen LogP) is 0.385. The number of amides is 2. The molecule has 4 heteroatoms. The maximum absolute atomic E-state index is 10.7. The van der Waals surface area contributed by atoms with Crippen molar-refractivity contribution in [1.29, 1.82) is 5.26 Å². The number of carbonyl (C=O) groups excluding carboxylic acids is 1. The highest BCUT2D eigenvalue weighted by Gasteiger charge is 1.96. The van der Waals surface area contributed by atoms with E-state index in [0.29, 0.717) is 12.1 Å². The normalized spacial score (nSPS) is 8.00. The van der Waals surface area contributed by atoms with Gasteiger partial charge in [-0.25, -0.2) is 4.79 Å². The van der Waals surface area contributed by atoms with E-state index in [-0.39, 0.29) is 12.6 Å². The molecule has 0 saturated heterocycles. The summed E-state index contributed by atoms with van der Waals surface area (Å²) in [5.74, 6) is 0. The van der Waals surface area contributed by atoms with Crippen LogP contribution in [0.25, 0.3) is 0 Å². The molecule has 0 heterocycles. The molecule has 60 valence electrons. The Balaban J connectivity index is 3.48. The molecule has 0 aromatic rings. The molecular weight excluding hydrogens is 142 g/mol. The van der Waals surface area contributed by atoms with Crippen LogP contribution in [0.3, 0.4) is 0 Å². The van der Waals surface area contributed by atoms with E-state index in [1.807, 2.05) is 13.0 Å². The van der Waals surface area contributed by atoms with Crippen molar-refractivity contribution in [3.63, 3.8) is 0 Å². The molecule has 0 saturated carbocycles. The summed E-state index contributed by atoms with van der Waals surface area (Å²) in [7, 11) is 0. The second-order valence-electron chi connectivity index (χ2n) is 1.93. The van der Waals surface area contributed by atoms with Crippen LogP contribution in [0.1, 0.15) is 6.92 Å². The summed E-state index contributed by atoms with van der Waals surface area (Å²) in [6, 6.07) is 1.55. The summed E-state index contributed by atoms with van der Waals surface area (Å²) in [6.45, 7) is 6.00. The Morgan fingerprint density at radius 3 is 2.73 bits per heavy atom. The van der Waals surface area contributed by atoms with Gasteiger partial charge in [0.05, 0.1) is 12.6 Å². The SMILES string of the molecule is C=C(C#N)CNC(=O)NCC. The van der Waals surface area contributed by atoms with Crippen LogP contribution >= 0.6 is 0 Å². The third-order valence-electron chi connectivity index (χ3n) is 0.958. The lowest BCUT2D eigenvalue weighted by Crippen LogP contribution is -2.36. The van der Waals surface area contributed by atoms with Crippen LogP contribution in [-0.2, 0) is 0 Å². The minimum absolute atomic E-state index is 0.211. The van der Waals surface area contributed by atoms with Crippen molar-refractivity contribution >= 4 is 6.03 Å². The van der Waals surface area contributed by atoms with Crippen LogP contribution in [0.5, 0.6) is 0 Å². The second-order valence-corrected chi connectivity index (χ2v) is 1.93. The molecule has 0 bridgehead atoms. The highest BCUT2D eigenvalue weighted by molar-refractivity contribution is 5.74. The molecule has 11 heavy (non-hydrogen) atoms. The zero-order chi connectivity index (χ0) is 8.69. The Morgan fingerprint density at radius 2 is 2.27 bits per heavy atom. The van der Waals surface area contributed by atoms with Crippen LogP contribution < -0.4 is 10.6 Å². The molecule has 0 aromatic carbocycles. The van der Waals surface area contributed by atoms with Gasteiger partial charge in [0.15, 0.2) is 0 Å². The molecule has 4 nitrogen and oxygen atoms in total. The summed E-state index contributed by atoms with van der Waals surface area (Å²) in [6.07, 6.45) is 0. The van der Waals surface area contributed by atoms with E-state index in [0.717, 1.165) is 0 Å². The summed E-state index contributed by atoms with van der Waals surface area (Å²) >= 11 is 0. The van der Waals surface area contributed by atoms with E-state index in [1.54, 1.807) is 0 Å². The number of rotatable bonds is 3. The van der Waals surface area contributed by atoms with Gasteiger partial charge < -0.3 is 10.6 Å². The van der Waals surface area contributed by atoms with Crippen molar-refractivity contribution in [2.45, 2.75) is 6.92 Å². The average Bonchev–Trinajstić information content (AvgIpc) is 2.01. The van der Waals surface area contributed by atoms with Crippen molar-refractivity contribution in [2.24, 2.45) is 0 Å². The zero-order valence-corrected chi connectivity index (χ0v) is 6.48. The second kappa shape index (κ2) is 5.30. The van der Waals surface area contributed by atoms with E-state index in [4.69, 9.17) is 5.26 Å². The lowest BCUT2D eigenvalue weighted by Gasteiger charge is -2.02. The van der Waals surface area contributed by atoms with Gasteiger partial charge in [0, 0.05) is 12.1 Å². The van der Waals surface area contributed by atoms with Gasteiger partial charge in [-0.15, -0.1) is 0 Å². The lowest BCUT2D eigenvalue weighted by atomic mass is 10.3. The number of hydrogen-bond acceptors (Lipinski definition) is 2. The van der Waals surface area contributed by atoms with Crippen molar-refractivity contribution < 1.29 is 4.79 Å². The van der Waals surface area contributed by atoms with Gasteiger partial charge in [-0.3, -0.25) is 0 Å². The molecule has 0 aliphatic rings. The molecular formula is C7H11N3O. The number of nitriles is 1. The number of nitrogens with one attached hydrogen (secondary N) is 2. The topological polar surface area (TPSA) is 64.9 Å². The molecule has 0 aliphatic heterocycles. The summed E-state index contributed by atoms with van der Waals surface area (Å²) < 4.78 is 0. The first-order chi connectivity index (χ1) is 5.20. The summed E-state index contributed by atoms with van der Waals surface area (Å²) in [4.78, 5) is 10.7. The average molecular weight is 153 g/mol. The van der Waals surface area contributed by atoms with Crippen molar-refractivity contribution in [1.82, 2.24) is 10.6 Å². The Labute approximate surface area is 65.9 Å². The number of carbonyl (C=O) groups is 1. The van der Waals surface area contributed by atoms with Gasteiger partial charge in [0.1, 0.15) is 0 Å². The molecule has 0 spiro atoms. The summed E-state index contributed by atoms with van der Waals surface area (Å²) in [5.41, 5.74) is 0.344. The van der Waals surface area contributed by atoms with Gasteiger partial charge in [-0.2, -0.15) is 5.26 Å². The molecule has 0 fully saturated rings. The van der Waals surface area contributed by atoms with Gasteiger partial charge in [0.25, 0.3) is 0 Å². The zero-order valence-electron chi connectivity index (χ0n) is 6.48. The summed E-state index contributed by atoms with van der Waals surface area (Å²) in [5, 5.41) is 13.2. The minimum atomic E-state index is -0.274. The van der Waals surface area contributed by atoms with Crippen LogP contribution in [0.15, 0.2) is 12.2 Å². The molecule has 2 amide bonds. The van der Waals surface area contributed by atoms with Gasteiger partial charge in [0.2, 0.25) is 0 Å².